The molecule has 2 heterocycles. The first kappa shape index (κ1) is 20.1. The van der Waals surface area contributed by atoms with Crippen LogP contribution in [0.5, 0.6) is 0 Å². The summed E-state index contributed by atoms with van der Waals surface area (Å²) in [6.45, 7) is 3.81. The molecule has 0 bridgehead atoms. The molecule has 2 saturated heterocycles. The molecule has 3 unspecified atom stereocenters. The summed E-state index contributed by atoms with van der Waals surface area (Å²) < 4.78 is 4.92. The van der Waals surface area contributed by atoms with Gasteiger partial charge in [0.05, 0.1) is 11.3 Å². The molecular weight excluding hydrogens is 384 g/mol. The number of hydrogen-bond donors (Lipinski definition) is 0. The van der Waals surface area contributed by atoms with E-state index in [-0.39, 0.29) is 23.6 Å². The number of carbonyl (C=O) groups excluding carboxylic acids is 2. The smallest absolute Gasteiger partial charge is 0.330 e. The van der Waals surface area contributed by atoms with Crippen LogP contribution in [0.25, 0.3) is 0 Å². The highest BCUT2D eigenvalue weighted by molar-refractivity contribution is 8.01. The van der Waals surface area contributed by atoms with Gasteiger partial charge in [-0.1, -0.05) is 0 Å². The second-order valence-corrected chi connectivity index (χ2v) is 9.24. The summed E-state index contributed by atoms with van der Waals surface area (Å²) in [5, 5.41) is 10.5. The van der Waals surface area contributed by atoms with Gasteiger partial charge in [0.25, 0.3) is 11.6 Å². The zero-order chi connectivity index (χ0) is 20.6. The van der Waals surface area contributed by atoms with Gasteiger partial charge in [-0.25, -0.2) is 4.79 Å². The van der Waals surface area contributed by atoms with Crippen molar-refractivity contribution in [3.63, 3.8) is 0 Å². The number of aliphatic imine (C=N–C) groups is 1. The molecule has 0 spiro atoms. The maximum atomic E-state index is 12.7. The van der Waals surface area contributed by atoms with Crippen molar-refractivity contribution >= 4 is 35.7 Å². The van der Waals surface area contributed by atoms with Crippen LogP contribution in [0, 0.1) is 10.1 Å². The Hall–Kier alpha value is -2.62. The number of nitro groups is 1. The average Bonchev–Trinajstić information content (AvgIpc) is 2.87. The minimum atomic E-state index is -0.696. The summed E-state index contributed by atoms with van der Waals surface area (Å²) in [6, 6.07) is 4.63. The first-order chi connectivity index (χ1) is 13.1. The molecule has 1 aromatic carbocycles. The van der Waals surface area contributed by atoms with Gasteiger partial charge in [-0.2, -0.15) is 0 Å². The average molecular weight is 406 g/mol. The molecule has 0 aliphatic carbocycles. The fourth-order valence-corrected chi connectivity index (χ4v) is 4.88. The number of carbonyl (C=O) groups is 2. The molecule has 0 aromatic heterocycles. The van der Waals surface area contributed by atoms with E-state index in [2.05, 4.69) is 4.99 Å². The van der Waals surface area contributed by atoms with Crippen molar-refractivity contribution in [3.8, 4) is 0 Å². The van der Waals surface area contributed by atoms with Crippen LogP contribution in [0.15, 0.2) is 29.3 Å². The minimum Gasteiger partial charge on any atom is -0.459 e. The highest BCUT2D eigenvalue weighted by Gasteiger charge is 2.64. The molecule has 2 aliphatic rings. The van der Waals surface area contributed by atoms with Crippen LogP contribution in [0.4, 0.5) is 5.69 Å². The zero-order valence-corrected chi connectivity index (χ0v) is 16.9. The summed E-state index contributed by atoms with van der Waals surface area (Å²) >= 11 is 1.54. The van der Waals surface area contributed by atoms with Crippen molar-refractivity contribution in [3.05, 3.63) is 39.9 Å². The fraction of sp³-hybridized carbons (Fsp3) is 0.500. The highest BCUT2D eigenvalue weighted by atomic mass is 32.2. The lowest BCUT2D eigenvalue weighted by Crippen LogP contribution is -2.65. The molecule has 3 atom stereocenters. The van der Waals surface area contributed by atoms with E-state index in [1.165, 1.54) is 12.1 Å². The Morgan fingerprint density at radius 3 is 2.61 bits per heavy atom. The number of esters is 1. The van der Waals surface area contributed by atoms with Crippen LogP contribution in [-0.4, -0.2) is 69.2 Å². The van der Waals surface area contributed by atoms with E-state index in [9.17, 15) is 19.7 Å². The van der Waals surface area contributed by atoms with Crippen LogP contribution in [0.1, 0.15) is 19.4 Å². The lowest BCUT2D eigenvalue weighted by atomic mass is 9.96. The van der Waals surface area contributed by atoms with E-state index < -0.39 is 27.7 Å². The second-order valence-electron chi connectivity index (χ2n) is 7.46. The molecule has 3 rings (SSSR count). The molecule has 0 N–H and O–H groups in total. The highest BCUT2D eigenvalue weighted by Crippen LogP contribution is 2.51. The van der Waals surface area contributed by atoms with Gasteiger partial charge in [-0.15, -0.1) is 11.8 Å². The Kier molecular flexibility index (Phi) is 5.33. The van der Waals surface area contributed by atoms with E-state index >= 15 is 0 Å². The zero-order valence-electron chi connectivity index (χ0n) is 16.1. The van der Waals surface area contributed by atoms with Crippen molar-refractivity contribution in [2.75, 3.05) is 14.1 Å². The molecule has 2 aliphatic heterocycles. The van der Waals surface area contributed by atoms with Gasteiger partial charge in [0, 0.05) is 31.0 Å². The number of thioether (sulfide) groups is 1. The molecule has 1 amide bonds. The van der Waals surface area contributed by atoms with Crippen LogP contribution >= 0.6 is 11.8 Å². The summed E-state index contributed by atoms with van der Waals surface area (Å²) in [5.41, 5.74) is 0.615. The summed E-state index contributed by atoms with van der Waals surface area (Å²) in [5.74, 6) is -0.666. The van der Waals surface area contributed by atoms with E-state index in [0.717, 1.165) is 0 Å². The molecule has 28 heavy (non-hydrogen) atoms. The van der Waals surface area contributed by atoms with Gasteiger partial charge >= 0.3 is 5.97 Å². The molecule has 2 fully saturated rings. The number of β-lactam (4-membered cyclic amide) rings is 1. The fourth-order valence-electron chi connectivity index (χ4n) is 3.26. The third-order valence-corrected chi connectivity index (χ3v) is 6.18. The van der Waals surface area contributed by atoms with Crippen LogP contribution in [-0.2, 0) is 20.9 Å². The minimum absolute atomic E-state index is 0.0109. The number of hydrogen-bond acceptors (Lipinski definition) is 7. The summed E-state index contributed by atoms with van der Waals surface area (Å²) in [4.78, 5) is 43.1. The first-order valence-corrected chi connectivity index (χ1v) is 9.59. The summed E-state index contributed by atoms with van der Waals surface area (Å²) in [7, 11) is 3.66. The van der Waals surface area contributed by atoms with Crippen molar-refractivity contribution in [2.45, 2.75) is 42.7 Å². The molecule has 150 valence electrons. The normalized spacial score (nSPS) is 25.4. The number of ether oxygens (including phenoxy) is 1. The third-order valence-electron chi connectivity index (χ3n) is 4.62. The van der Waals surface area contributed by atoms with Gasteiger partial charge in [-0.3, -0.25) is 19.9 Å². The van der Waals surface area contributed by atoms with Gasteiger partial charge in [0.1, 0.15) is 18.0 Å². The topological polar surface area (TPSA) is 105 Å². The van der Waals surface area contributed by atoms with Crippen LogP contribution < -0.4 is 0 Å². The number of fused-ring (bicyclic) bond motifs is 1. The maximum Gasteiger partial charge on any atom is 0.330 e. The Labute approximate surface area is 166 Å². The number of amides is 1. The Bertz CT molecular complexity index is 824. The SMILES string of the molecule is CN(C)C=NC1C(=O)N2C1SC(C)(C)C2C(=O)OCc1ccc([N+](=O)[O-])cc1. The van der Waals surface area contributed by atoms with Crippen molar-refractivity contribution in [1.29, 1.82) is 0 Å². The van der Waals surface area contributed by atoms with E-state index in [1.807, 2.05) is 27.9 Å². The number of nitrogens with zero attached hydrogens (tertiary/aromatic N) is 4. The predicted octanol–water partition coefficient (Wildman–Crippen LogP) is 1.66. The van der Waals surface area contributed by atoms with Crippen LogP contribution in [0.3, 0.4) is 0 Å². The molecular formula is C18H22N4O5S. The standard InChI is InChI=1S/C18H22N4O5S/c1-18(2)14(21-15(23)13(16(21)28-18)19-10-20(3)4)17(24)27-9-11-5-7-12(8-6-11)22(25)26/h5-8,10,13-14,16H,9H2,1-4H3. The maximum absolute atomic E-state index is 12.7. The lowest BCUT2D eigenvalue weighted by molar-refractivity contribution is -0.384. The Balaban J connectivity index is 1.66. The first-order valence-electron chi connectivity index (χ1n) is 8.71. The van der Waals surface area contributed by atoms with E-state index in [0.29, 0.717) is 5.56 Å². The van der Waals surface area contributed by atoms with Crippen LogP contribution in [0.2, 0.25) is 0 Å². The van der Waals surface area contributed by atoms with Gasteiger partial charge in [0.2, 0.25) is 0 Å². The monoisotopic (exact) mass is 406 g/mol. The van der Waals surface area contributed by atoms with Gasteiger partial charge in [0.15, 0.2) is 6.04 Å². The molecule has 0 radical (unpaired) electrons. The van der Waals surface area contributed by atoms with Gasteiger partial charge in [-0.05, 0) is 31.5 Å². The van der Waals surface area contributed by atoms with Crippen molar-refractivity contribution in [2.24, 2.45) is 4.99 Å². The number of rotatable bonds is 6. The number of non-ortho nitro benzene ring substituents is 1. The predicted molar refractivity (Wildman–Crippen MR) is 105 cm³/mol. The van der Waals surface area contributed by atoms with Crippen molar-refractivity contribution < 1.29 is 19.2 Å². The molecule has 0 saturated carbocycles. The van der Waals surface area contributed by atoms with Gasteiger partial charge < -0.3 is 14.5 Å². The van der Waals surface area contributed by atoms with Crippen molar-refractivity contribution in [1.82, 2.24) is 9.80 Å². The second kappa shape index (κ2) is 7.42. The number of benzene rings is 1. The summed E-state index contributed by atoms with van der Waals surface area (Å²) in [6.07, 6.45) is 1.60. The third kappa shape index (κ3) is 3.68. The molecule has 10 heteroatoms. The largest absolute Gasteiger partial charge is 0.459 e. The van der Waals surface area contributed by atoms with E-state index in [1.54, 1.807) is 40.0 Å². The Morgan fingerprint density at radius 1 is 1.39 bits per heavy atom. The quantitative estimate of drug-likeness (QED) is 0.177. The Morgan fingerprint density at radius 2 is 2.04 bits per heavy atom. The van der Waals surface area contributed by atoms with E-state index in [4.69, 9.17) is 4.74 Å². The number of nitro benzene ring substituents is 1. The lowest BCUT2D eigenvalue weighted by Gasteiger charge is -2.41. The molecule has 9 nitrogen and oxygen atoms in total. The molecule has 1 aromatic rings.